The summed E-state index contributed by atoms with van der Waals surface area (Å²) in [6.07, 6.45) is 4.46. The second kappa shape index (κ2) is 6.93. The van der Waals surface area contributed by atoms with Crippen molar-refractivity contribution in [2.45, 2.75) is 32.7 Å². The van der Waals surface area contributed by atoms with Gasteiger partial charge in [0.15, 0.2) is 5.78 Å². The summed E-state index contributed by atoms with van der Waals surface area (Å²) in [5.74, 6) is -0.783. The van der Waals surface area contributed by atoms with Crippen molar-refractivity contribution in [1.82, 2.24) is 4.57 Å². The van der Waals surface area contributed by atoms with E-state index in [4.69, 9.17) is 0 Å². The Balaban J connectivity index is 2.30. The van der Waals surface area contributed by atoms with E-state index in [0.29, 0.717) is 12.1 Å². The zero-order valence-corrected chi connectivity index (χ0v) is 12.5. The van der Waals surface area contributed by atoms with Crippen LogP contribution in [0.2, 0.25) is 0 Å². The van der Waals surface area contributed by atoms with Gasteiger partial charge in [0.25, 0.3) is 5.56 Å². The van der Waals surface area contributed by atoms with Crippen LogP contribution in [0.4, 0.5) is 0 Å². The predicted octanol–water partition coefficient (Wildman–Crippen LogP) is 2.68. The fourth-order valence-electron chi connectivity index (χ4n) is 2.24. The SMILES string of the molecule is CCCCCn1cc(C(=O)c2ccc(O)cc2O)ccc1=O. The van der Waals surface area contributed by atoms with Gasteiger partial charge in [0, 0.05) is 30.4 Å². The van der Waals surface area contributed by atoms with Crippen LogP contribution in [0.1, 0.15) is 42.1 Å². The number of rotatable bonds is 6. The van der Waals surface area contributed by atoms with E-state index in [1.807, 2.05) is 0 Å². The summed E-state index contributed by atoms with van der Waals surface area (Å²) in [4.78, 5) is 24.2. The molecule has 22 heavy (non-hydrogen) atoms. The monoisotopic (exact) mass is 301 g/mol. The average molecular weight is 301 g/mol. The summed E-state index contributed by atoms with van der Waals surface area (Å²) in [6, 6.07) is 6.62. The van der Waals surface area contributed by atoms with E-state index >= 15 is 0 Å². The van der Waals surface area contributed by atoms with Gasteiger partial charge in [-0.25, -0.2) is 0 Å². The molecule has 116 valence electrons. The average Bonchev–Trinajstić information content (AvgIpc) is 2.49. The Kier molecular flexibility index (Phi) is 4.99. The minimum atomic E-state index is -0.387. The summed E-state index contributed by atoms with van der Waals surface area (Å²) in [5, 5.41) is 19.0. The van der Waals surface area contributed by atoms with Crippen LogP contribution >= 0.6 is 0 Å². The molecule has 0 saturated heterocycles. The van der Waals surface area contributed by atoms with Crippen LogP contribution in [0, 0.1) is 0 Å². The third kappa shape index (κ3) is 3.55. The first kappa shape index (κ1) is 15.8. The number of phenols is 2. The minimum absolute atomic E-state index is 0.0940. The molecule has 2 rings (SSSR count). The Morgan fingerprint density at radius 2 is 1.91 bits per heavy atom. The molecule has 0 amide bonds. The summed E-state index contributed by atoms with van der Waals surface area (Å²) in [6.45, 7) is 2.64. The normalized spacial score (nSPS) is 10.6. The number of carbonyl (C=O) groups excluding carboxylic acids is 1. The molecule has 1 aromatic heterocycles. The van der Waals surface area contributed by atoms with Gasteiger partial charge in [0.1, 0.15) is 11.5 Å². The summed E-state index contributed by atoms with van der Waals surface area (Å²) >= 11 is 0. The Hall–Kier alpha value is -2.56. The summed E-state index contributed by atoms with van der Waals surface area (Å²) < 4.78 is 1.51. The lowest BCUT2D eigenvalue weighted by Crippen LogP contribution is -2.20. The standard InChI is InChI=1S/C17H19NO4/c1-2-3-4-9-18-11-12(5-8-16(18)21)17(22)14-7-6-13(19)10-15(14)20/h5-8,10-11,19-20H,2-4,9H2,1H3. The molecule has 2 N–H and O–H groups in total. The molecular weight excluding hydrogens is 282 g/mol. The van der Waals surface area contributed by atoms with Gasteiger partial charge in [-0.2, -0.15) is 0 Å². The van der Waals surface area contributed by atoms with Crippen molar-refractivity contribution >= 4 is 5.78 Å². The number of ketones is 1. The molecule has 2 aromatic rings. The van der Waals surface area contributed by atoms with Crippen molar-refractivity contribution in [3.05, 3.63) is 58.0 Å². The van der Waals surface area contributed by atoms with E-state index in [-0.39, 0.29) is 28.4 Å². The molecule has 5 nitrogen and oxygen atoms in total. The van der Waals surface area contributed by atoms with Crippen LogP contribution < -0.4 is 5.56 Å². The molecule has 0 unspecified atom stereocenters. The van der Waals surface area contributed by atoms with Crippen molar-refractivity contribution < 1.29 is 15.0 Å². The molecule has 0 fully saturated rings. The Labute approximate surface area is 128 Å². The number of aromatic hydroxyl groups is 2. The number of benzene rings is 1. The smallest absolute Gasteiger partial charge is 0.250 e. The topological polar surface area (TPSA) is 79.5 Å². The zero-order valence-electron chi connectivity index (χ0n) is 12.5. The number of aromatic nitrogens is 1. The molecule has 0 bridgehead atoms. The molecular formula is C17H19NO4. The summed E-state index contributed by atoms with van der Waals surface area (Å²) in [5.41, 5.74) is 0.274. The fourth-order valence-corrected chi connectivity index (χ4v) is 2.24. The Bertz CT molecular complexity index is 734. The van der Waals surface area contributed by atoms with Crippen molar-refractivity contribution in [2.75, 3.05) is 0 Å². The lowest BCUT2D eigenvalue weighted by atomic mass is 10.0. The van der Waals surface area contributed by atoms with Crippen LogP contribution in [0.3, 0.4) is 0 Å². The molecule has 0 aliphatic heterocycles. The Morgan fingerprint density at radius 3 is 2.59 bits per heavy atom. The predicted molar refractivity (Wildman–Crippen MR) is 83.4 cm³/mol. The van der Waals surface area contributed by atoms with Gasteiger partial charge in [0.2, 0.25) is 0 Å². The molecule has 0 radical (unpaired) electrons. The highest BCUT2D eigenvalue weighted by Crippen LogP contribution is 2.24. The first-order valence-corrected chi connectivity index (χ1v) is 7.30. The van der Waals surface area contributed by atoms with Crippen LogP contribution in [0.25, 0.3) is 0 Å². The molecule has 0 aliphatic carbocycles. The van der Waals surface area contributed by atoms with Crippen LogP contribution in [0.5, 0.6) is 11.5 Å². The highest BCUT2D eigenvalue weighted by atomic mass is 16.3. The number of phenolic OH excluding ortho intramolecular Hbond substituents is 2. The molecule has 0 saturated carbocycles. The van der Waals surface area contributed by atoms with E-state index in [1.165, 1.54) is 35.0 Å². The van der Waals surface area contributed by atoms with Crippen LogP contribution in [0.15, 0.2) is 41.3 Å². The van der Waals surface area contributed by atoms with E-state index in [0.717, 1.165) is 25.3 Å². The van der Waals surface area contributed by atoms with E-state index in [1.54, 1.807) is 0 Å². The first-order chi connectivity index (χ1) is 10.5. The first-order valence-electron chi connectivity index (χ1n) is 7.30. The van der Waals surface area contributed by atoms with E-state index in [2.05, 4.69) is 6.92 Å². The van der Waals surface area contributed by atoms with Gasteiger partial charge >= 0.3 is 0 Å². The maximum Gasteiger partial charge on any atom is 0.250 e. The van der Waals surface area contributed by atoms with Crippen LogP contribution in [-0.2, 0) is 6.54 Å². The highest BCUT2D eigenvalue weighted by Gasteiger charge is 2.15. The Morgan fingerprint density at radius 1 is 1.14 bits per heavy atom. The second-order valence-electron chi connectivity index (χ2n) is 5.19. The van der Waals surface area contributed by atoms with Gasteiger partial charge in [-0.3, -0.25) is 9.59 Å². The van der Waals surface area contributed by atoms with E-state index in [9.17, 15) is 19.8 Å². The van der Waals surface area contributed by atoms with Crippen molar-refractivity contribution in [1.29, 1.82) is 0 Å². The van der Waals surface area contributed by atoms with Gasteiger partial charge in [-0.05, 0) is 24.6 Å². The second-order valence-corrected chi connectivity index (χ2v) is 5.19. The molecule has 0 spiro atoms. The third-order valence-corrected chi connectivity index (χ3v) is 3.47. The maximum atomic E-state index is 12.4. The minimum Gasteiger partial charge on any atom is -0.508 e. The largest absolute Gasteiger partial charge is 0.508 e. The van der Waals surface area contributed by atoms with Crippen molar-refractivity contribution in [3.8, 4) is 11.5 Å². The maximum absolute atomic E-state index is 12.4. The lowest BCUT2D eigenvalue weighted by Gasteiger charge is -2.08. The zero-order chi connectivity index (χ0) is 16.1. The number of unbranched alkanes of at least 4 members (excludes halogenated alkanes) is 2. The van der Waals surface area contributed by atoms with Gasteiger partial charge in [-0.15, -0.1) is 0 Å². The van der Waals surface area contributed by atoms with Gasteiger partial charge < -0.3 is 14.8 Å². The molecule has 0 atom stereocenters. The molecule has 5 heteroatoms. The van der Waals surface area contributed by atoms with Crippen molar-refractivity contribution in [3.63, 3.8) is 0 Å². The van der Waals surface area contributed by atoms with Gasteiger partial charge in [0.05, 0.1) is 5.56 Å². The molecule has 0 aliphatic rings. The molecule has 1 aromatic carbocycles. The number of carbonyl (C=O) groups is 1. The number of hydrogen-bond donors (Lipinski definition) is 2. The van der Waals surface area contributed by atoms with Crippen molar-refractivity contribution in [2.24, 2.45) is 0 Å². The molecule has 1 heterocycles. The van der Waals surface area contributed by atoms with Gasteiger partial charge in [-0.1, -0.05) is 19.8 Å². The number of hydrogen-bond acceptors (Lipinski definition) is 4. The summed E-state index contributed by atoms with van der Waals surface area (Å²) in [7, 11) is 0. The number of aryl methyl sites for hydroxylation is 1. The number of nitrogens with zero attached hydrogens (tertiary/aromatic N) is 1. The highest BCUT2D eigenvalue weighted by molar-refractivity contribution is 6.10. The lowest BCUT2D eigenvalue weighted by molar-refractivity contribution is 0.103. The fraction of sp³-hybridized carbons (Fsp3) is 0.294. The quantitative estimate of drug-likeness (QED) is 0.635. The van der Waals surface area contributed by atoms with Crippen LogP contribution in [-0.4, -0.2) is 20.6 Å². The number of pyridine rings is 1. The third-order valence-electron chi connectivity index (χ3n) is 3.47. The van der Waals surface area contributed by atoms with E-state index < -0.39 is 0 Å².